The average Bonchev–Trinajstić information content (AvgIpc) is 2.58. The number of hydrogen-bond donors (Lipinski definition) is 1. The van der Waals surface area contributed by atoms with Crippen LogP contribution < -0.4 is 0 Å². The Hall–Kier alpha value is -0.570. The molecule has 0 aromatic rings. The fourth-order valence-corrected chi connectivity index (χ4v) is 3.45. The molecule has 1 saturated heterocycles. The molecule has 17 heavy (non-hydrogen) atoms. The maximum Gasteiger partial charge on any atom is 0.225 e. The summed E-state index contributed by atoms with van der Waals surface area (Å²) in [6.07, 6.45) is 7.47. The van der Waals surface area contributed by atoms with Crippen LogP contribution in [0.5, 0.6) is 0 Å². The highest BCUT2D eigenvalue weighted by Gasteiger charge is 2.37. The lowest BCUT2D eigenvalue weighted by Gasteiger charge is -2.35. The number of carbonyl (C=O) groups is 1. The van der Waals surface area contributed by atoms with Crippen LogP contribution in [0.15, 0.2) is 0 Å². The van der Waals surface area contributed by atoms with Crippen LogP contribution >= 0.6 is 0 Å². The topological polar surface area (TPSA) is 40.5 Å². The lowest BCUT2D eigenvalue weighted by Crippen LogP contribution is -2.44. The van der Waals surface area contributed by atoms with E-state index in [4.69, 9.17) is 0 Å². The van der Waals surface area contributed by atoms with Gasteiger partial charge in [-0.1, -0.05) is 19.3 Å². The molecular formula is C14H25NO2. The van der Waals surface area contributed by atoms with Crippen LogP contribution in [-0.2, 0) is 4.79 Å². The first-order valence-corrected chi connectivity index (χ1v) is 7.05. The molecule has 0 aromatic carbocycles. The van der Waals surface area contributed by atoms with Gasteiger partial charge >= 0.3 is 0 Å². The second-order valence-corrected chi connectivity index (χ2v) is 6.04. The molecule has 0 bridgehead atoms. The van der Waals surface area contributed by atoms with Crippen molar-refractivity contribution in [2.45, 2.75) is 82.9 Å². The zero-order valence-electron chi connectivity index (χ0n) is 11.1. The highest BCUT2D eigenvalue weighted by Crippen LogP contribution is 2.33. The molecule has 1 N–H and O–H groups in total. The number of rotatable bonds is 2. The summed E-state index contributed by atoms with van der Waals surface area (Å²) in [5.41, 5.74) is -0.711. The molecule has 2 atom stereocenters. The predicted octanol–water partition coefficient (Wildman–Crippen LogP) is 2.47. The molecule has 2 rings (SSSR count). The van der Waals surface area contributed by atoms with Gasteiger partial charge in [0.2, 0.25) is 5.91 Å². The molecule has 2 aliphatic rings. The minimum Gasteiger partial charge on any atom is -0.389 e. The van der Waals surface area contributed by atoms with Crippen LogP contribution in [0.1, 0.15) is 65.2 Å². The fraction of sp³-hybridized carbons (Fsp3) is 0.929. The van der Waals surface area contributed by atoms with Gasteiger partial charge in [0.05, 0.1) is 12.0 Å². The van der Waals surface area contributed by atoms with Gasteiger partial charge < -0.3 is 10.0 Å². The van der Waals surface area contributed by atoms with E-state index in [1.54, 1.807) is 0 Å². The van der Waals surface area contributed by atoms with Gasteiger partial charge in [0.25, 0.3) is 0 Å². The van der Waals surface area contributed by atoms with E-state index in [1.165, 1.54) is 6.42 Å². The zero-order valence-corrected chi connectivity index (χ0v) is 11.1. The van der Waals surface area contributed by atoms with Crippen molar-refractivity contribution in [3.05, 3.63) is 0 Å². The zero-order chi connectivity index (χ0) is 12.5. The molecule has 1 aliphatic heterocycles. The van der Waals surface area contributed by atoms with E-state index in [0.29, 0.717) is 18.5 Å². The average molecular weight is 239 g/mol. The van der Waals surface area contributed by atoms with Gasteiger partial charge in [-0.2, -0.15) is 0 Å². The SMILES string of the molecule is CC1CCC(C)N1C(=O)CC1(O)CCCCC1. The molecular weight excluding hydrogens is 214 g/mol. The molecule has 3 heteroatoms. The summed E-state index contributed by atoms with van der Waals surface area (Å²) in [4.78, 5) is 14.3. The summed E-state index contributed by atoms with van der Waals surface area (Å²) in [5.74, 6) is 0.159. The number of hydrogen-bond acceptors (Lipinski definition) is 2. The maximum absolute atomic E-state index is 12.3. The summed E-state index contributed by atoms with van der Waals surface area (Å²) >= 11 is 0. The van der Waals surface area contributed by atoms with Crippen LogP contribution in [0.25, 0.3) is 0 Å². The molecule has 1 saturated carbocycles. The Labute approximate surface area is 104 Å². The van der Waals surface area contributed by atoms with Crippen molar-refractivity contribution < 1.29 is 9.90 Å². The van der Waals surface area contributed by atoms with Crippen LogP contribution in [0.4, 0.5) is 0 Å². The maximum atomic E-state index is 12.3. The molecule has 3 nitrogen and oxygen atoms in total. The Morgan fingerprint density at radius 3 is 2.24 bits per heavy atom. The molecule has 1 aliphatic carbocycles. The molecule has 98 valence electrons. The van der Waals surface area contributed by atoms with Gasteiger partial charge in [-0.3, -0.25) is 4.79 Å². The largest absolute Gasteiger partial charge is 0.389 e. The first kappa shape index (κ1) is 12.9. The minimum atomic E-state index is -0.711. The van der Waals surface area contributed by atoms with E-state index in [-0.39, 0.29) is 5.91 Å². The summed E-state index contributed by atoms with van der Waals surface area (Å²) < 4.78 is 0. The van der Waals surface area contributed by atoms with Gasteiger partial charge in [0.1, 0.15) is 0 Å². The van der Waals surface area contributed by atoms with Crippen LogP contribution in [0.3, 0.4) is 0 Å². The number of aliphatic hydroxyl groups is 1. The number of likely N-dealkylation sites (tertiary alicyclic amines) is 1. The number of nitrogens with zero attached hydrogens (tertiary/aromatic N) is 1. The van der Waals surface area contributed by atoms with Gasteiger partial charge in [-0.05, 0) is 39.5 Å². The van der Waals surface area contributed by atoms with Crippen LogP contribution in [-0.4, -0.2) is 33.6 Å². The van der Waals surface area contributed by atoms with E-state index in [9.17, 15) is 9.90 Å². The summed E-state index contributed by atoms with van der Waals surface area (Å²) in [5, 5.41) is 10.4. The van der Waals surface area contributed by atoms with Crippen LogP contribution in [0.2, 0.25) is 0 Å². The molecule has 0 spiro atoms. The summed E-state index contributed by atoms with van der Waals surface area (Å²) in [6.45, 7) is 4.23. The Morgan fingerprint density at radius 1 is 1.18 bits per heavy atom. The Morgan fingerprint density at radius 2 is 1.71 bits per heavy atom. The van der Waals surface area contributed by atoms with Gasteiger partial charge in [0.15, 0.2) is 0 Å². The van der Waals surface area contributed by atoms with Crippen molar-refractivity contribution in [2.75, 3.05) is 0 Å². The molecule has 0 radical (unpaired) electrons. The third kappa shape index (κ3) is 2.82. The first-order valence-electron chi connectivity index (χ1n) is 7.05. The van der Waals surface area contributed by atoms with Gasteiger partial charge in [-0.15, -0.1) is 0 Å². The summed E-state index contributed by atoms with van der Waals surface area (Å²) in [7, 11) is 0. The van der Waals surface area contributed by atoms with Crippen molar-refractivity contribution >= 4 is 5.91 Å². The van der Waals surface area contributed by atoms with E-state index < -0.39 is 5.60 Å². The minimum absolute atomic E-state index is 0.159. The fourth-order valence-electron chi connectivity index (χ4n) is 3.45. The lowest BCUT2D eigenvalue weighted by molar-refractivity contribution is -0.140. The third-order valence-electron chi connectivity index (χ3n) is 4.50. The Bertz CT molecular complexity index is 274. The van der Waals surface area contributed by atoms with E-state index in [0.717, 1.165) is 38.5 Å². The van der Waals surface area contributed by atoms with Gasteiger partial charge in [0, 0.05) is 12.1 Å². The van der Waals surface area contributed by atoms with E-state index in [1.807, 2.05) is 4.90 Å². The predicted molar refractivity (Wildman–Crippen MR) is 67.7 cm³/mol. The van der Waals surface area contributed by atoms with Crippen molar-refractivity contribution in [3.8, 4) is 0 Å². The van der Waals surface area contributed by atoms with Crippen molar-refractivity contribution in [1.29, 1.82) is 0 Å². The first-order chi connectivity index (χ1) is 8.02. The van der Waals surface area contributed by atoms with Crippen molar-refractivity contribution in [3.63, 3.8) is 0 Å². The number of amides is 1. The second kappa shape index (κ2) is 4.97. The normalized spacial score (nSPS) is 32.8. The highest BCUT2D eigenvalue weighted by atomic mass is 16.3. The highest BCUT2D eigenvalue weighted by molar-refractivity contribution is 5.78. The monoisotopic (exact) mass is 239 g/mol. The van der Waals surface area contributed by atoms with Crippen molar-refractivity contribution in [2.24, 2.45) is 0 Å². The molecule has 0 aromatic heterocycles. The van der Waals surface area contributed by atoms with Gasteiger partial charge in [-0.25, -0.2) is 0 Å². The smallest absolute Gasteiger partial charge is 0.225 e. The lowest BCUT2D eigenvalue weighted by atomic mass is 9.82. The summed E-state index contributed by atoms with van der Waals surface area (Å²) in [6, 6.07) is 0.703. The van der Waals surface area contributed by atoms with Crippen LogP contribution in [0, 0.1) is 0 Å². The third-order valence-corrected chi connectivity index (χ3v) is 4.50. The molecule has 1 heterocycles. The molecule has 2 fully saturated rings. The van der Waals surface area contributed by atoms with Crippen molar-refractivity contribution in [1.82, 2.24) is 4.90 Å². The second-order valence-electron chi connectivity index (χ2n) is 6.04. The Balaban J connectivity index is 1.96. The molecule has 1 amide bonds. The number of carbonyl (C=O) groups excluding carboxylic acids is 1. The van der Waals surface area contributed by atoms with E-state index in [2.05, 4.69) is 13.8 Å². The Kier molecular flexibility index (Phi) is 3.76. The van der Waals surface area contributed by atoms with E-state index >= 15 is 0 Å². The molecule has 2 unspecified atom stereocenters. The standard InChI is InChI=1S/C14H25NO2/c1-11-6-7-12(2)15(11)13(16)10-14(17)8-4-3-5-9-14/h11-12,17H,3-10H2,1-2H3. The quantitative estimate of drug-likeness (QED) is 0.804.